The van der Waals surface area contributed by atoms with Crippen molar-refractivity contribution in [2.75, 3.05) is 19.7 Å². The van der Waals surface area contributed by atoms with E-state index in [1.54, 1.807) is 4.90 Å². The molecule has 1 aromatic rings. The van der Waals surface area contributed by atoms with Gasteiger partial charge in [0, 0.05) is 24.6 Å². The maximum absolute atomic E-state index is 12.7. The average molecular weight is 460 g/mol. The first kappa shape index (κ1) is 25.9. The molecule has 3 atom stereocenters. The lowest BCUT2D eigenvalue weighted by Gasteiger charge is -2.27. The number of unbranched alkanes of at least 4 members (excludes halogenated alkanes) is 3. The van der Waals surface area contributed by atoms with Crippen LogP contribution in [0, 0.1) is 0 Å². The maximum atomic E-state index is 12.7. The first-order valence-corrected chi connectivity index (χ1v) is 13.3. The number of ether oxygens (including phenoxy) is 2. The average Bonchev–Trinajstić information content (AvgIpc) is 3.08. The predicted molar refractivity (Wildman–Crippen MR) is 133 cm³/mol. The molecule has 5 nitrogen and oxygen atoms in total. The van der Waals surface area contributed by atoms with Crippen molar-refractivity contribution in [2.24, 2.45) is 0 Å². The molecule has 186 valence electrons. The van der Waals surface area contributed by atoms with Gasteiger partial charge in [-0.15, -0.1) is 0 Å². The monoisotopic (exact) mass is 459 g/mol. The molecule has 2 aliphatic rings. The summed E-state index contributed by atoms with van der Waals surface area (Å²) in [5.41, 5.74) is 2.23. The Morgan fingerprint density at radius 1 is 1.12 bits per heavy atom. The number of fused-ring (bicyclic) bond motifs is 3. The molecule has 1 aliphatic carbocycles. The molecule has 5 heteroatoms. The fourth-order valence-corrected chi connectivity index (χ4v) is 5.45. The van der Waals surface area contributed by atoms with E-state index in [0.717, 1.165) is 49.2 Å². The van der Waals surface area contributed by atoms with Crippen LogP contribution in [0.4, 0.5) is 0 Å². The Bertz CT molecular complexity index is 786. The quantitative estimate of drug-likeness (QED) is 0.415. The van der Waals surface area contributed by atoms with Crippen LogP contribution in [-0.4, -0.2) is 47.8 Å². The summed E-state index contributed by atoms with van der Waals surface area (Å²) in [7, 11) is 0. The van der Waals surface area contributed by atoms with Crippen molar-refractivity contribution < 1.29 is 19.4 Å². The highest BCUT2D eigenvalue weighted by atomic mass is 16.5. The Morgan fingerprint density at radius 3 is 2.55 bits per heavy atom. The summed E-state index contributed by atoms with van der Waals surface area (Å²) in [5.74, 6) is 1.74. The van der Waals surface area contributed by atoms with Gasteiger partial charge in [0.15, 0.2) is 6.61 Å². The smallest absolute Gasteiger partial charge is 0.260 e. The Kier molecular flexibility index (Phi) is 9.09. The molecular formula is C28H45NO4. The van der Waals surface area contributed by atoms with Crippen LogP contribution < -0.4 is 9.47 Å². The van der Waals surface area contributed by atoms with Crippen LogP contribution in [0.5, 0.6) is 11.5 Å². The minimum Gasteiger partial charge on any atom is -0.487 e. The summed E-state index contributed by atoms with van der Waals surface area (Å²) >= 11 is 0. The van der Waals surface area contributed by atoms with Crippen LogP contribution in [-0.2, 0) is 10.2 Å². The summed E-state index contributed by atoms with van der Waals surface area (Å²) in [4.78, 5) is 14.5. The molecular weight excluding hydrogens is 414 g/mol. The van der Waals surface area contributed by atoms with Crippen molar-refractivity contribution in [2.45, 2.75) is 116 Å². The molecule has 1 amide bonds. The summed E-state index contributed by atoms with van der Waals surface area (Å²) in [6.07, 6.45) is 9.22. The fraction of sp³-hybridized carbons (Fsp3) is 0.750. The minimum absolute atomic E-state index is 0.00865. The number of rotatable bonds is 11. The molecule has 0 saturated heterocycles. The fourth-order valence-electron chi connectivity index (χ4n) is 5.45. The Balaban J connectivity index is 1.91. The molecule has 33 heavy (non-hydrogen) atoms. The van der Waals surface area contributed by atoms with Crippen LogP contribution in [0.3, 0.4) is 0 Å². The van der Waals surface area contributed by atoms with Crippen LogP contribution >= 0.6 is 0 Å². The van der Waals surface area contributed by atoms with Crippen LogP contribution in [0.2, 0.25) is 0 Å². The van der Waals surface area contributed by atoms with Crippen molar-refractivity contribution in [1.82, 2.24) is 4.90 Å². The molecule has 1 aliphatic heterocycles. The highest BCUT2D eigenvalue weighted by Gasteiger charge is 2.43. The summed E-state index contributed by atoms with van der Waals surface area (Å²) in [5, 5.41) is 10.7. The number of aliphatic hydroxyl groups is 1. The molecule has 0 radical (unpaired) electrons. The van der Waals surface area contributed by atoms with E-state index in [0.29, 0.717) is 13.1 Å². The molecule has 3 rings (SSSR count). The topological polar surface area (TPSA) is 59.0 Å². The third kappa shape index (κ3) is 6.03. The van der Waals surface area contributed by atoms with Gasteiger partial charge >= 0.3 is 0 Å². The predicted octanol–water partition coefficient (Wildman–Crippen LogP) is 5.96. The number of hydrogen-bond acceptors (Lipinski definition) is 4. The zero-order valence-electron chi connectivity index (χ0n) is 21.5. The summed E-state index contributed by atoms with van der Waals surface area (Å²) in [6, 6.07) is 4.33. The van der Waals surface area contributed by atoms with Gasteiger partial charge in [0.05, 0.1) is 6.10 Å². The van der Waals surface area contributed by atoms with E-state index < -0.39 is 6.10 Å². The molecule has 0 spiro atoms. The number of carbonyl (C=O) groups is 1. The van der Waals surface area contributed by atoms with Crippen LogP contribution in [0.25, 0.3) is 0 Å². The number of likely N-dealkylation sites (N-methyl/N-ethyl adjacent to an activating group) is 1. The second-order valence-electron chi connectivity index (χ2n) is 10.5. The van der Waals surface area contributed by atoms with Crippen LogP contribution in [0.15, 0.2) is 12.1 Å². The first-order chi connectivity index (χ1) is 15.8. The minimum atomic E-state index is -0.458. The number of nitrogens with zero attached hydrogens (tertiary/aromatic N) is 1. The highest BCUT2D eigenvalue weighted by Crippen LogP contribution is 2.51. The van der Waals surface area contributed by atoms with E-state index in [2.05, 4.69) is 32.9 Å². The lowest BCUT2D eigenvalue weighted by molar-refractivity contribution is -0.132. The third-order valence-corrected chi connectivity index (χ3v) is 7.68. The molecule has 1 fully saturated rings. The van der Waals surface area contributed by atoms with E-state index in [1.165, 1.54) is 31.2 Å². The van der Waals surface area contributed by atoms with Crippen molar-refractivity contribution in [3.63, 3.8) is 0 Å². The van der Waals surface area contributed by atoms with Gasteiger partial charge in [0.25, 0.3) is 5.91 Å². The molecule has 1 N–H and O–H groups in total. The molecule has 0 bridgehead atoms. The highest BCUT2D eigenvalue weighted by molar-refractivity contribution is 5.77. The zero-order valence-corrected chi connectivity index (χ0v) is 21.5. The van der Waals surface area contributed by atoms with Gasteiger partial charge in [0.1, 0.15) is 17.6 Å². The van der Waals surface area contributed by atoms with Gasteiger partial charge < -0.3 is 19.5 Å². The Hall–Kier alpha value is -1.75. The molecule has 1 heterocycles. The second-order valence-corrected chi connectivity index (χ2v) is 10.5. The number of carbonyl (C=O) groups excluding carboxylic acids is 1. The molecule has 1 aromatic carbocycles. The van der Waals surface area contributed by atoms with Crippen molar-refractivity contribution >= 4 is 5.91 Å². The lowest BCUT2D eigenvalue weighted by atomic mass is 9.78. The van der Waals surface area contributed by atoms with E-state index >= 15 is 0 Å². The van der Waals surface area contributed by atoms with Gasteiger partial charge in [-0.1, -0.05) is 59.3 Å². The number of hydrogen-bond donors (Lipinski definition) is 1. The lowest BCUT2D eigenvalue weighted by Crippen LogP contribution is -2.34. The number of benzene rings is 1. The van der Waals surface area contributed by atoms with Gasteiger partial charge in [0.2, 0.25) is 0 Å². The van der Waals surface area contributed by atoms with E-state index in [-0.39, 0.29) is 30.0 Å². The van der Waals surface area contributed by atoms with Crippen molar-refractivity contribution in [3.8, 4) is 11.5 Å². The van der Waals surface area contributed by atoms with Crippen molar-refractivity contribution in [3.05, 3.63) is 23.3 Å². The Morgan fingerprint density at radius 2 is 1.85 bits per heavy atom. The second kappa shape index (κ2) is 11.6. The van der Waals surface area contributed by atoms with E-state index in [4.69, 9.17) is 9.47 Å². The zero-order chi connectivity index (χ0) is 24.0. The Labute approximate surface area is 200 Å². The van der Waals surface area contributed by atoms with Gasteiger partial charge in [-0.25, -0.2) is 0 Å². The third-order valence-electron chi connectivity index (χ3n) is 7.68. The SMILES string of the molecule is CCCCCCC(C)(C)c1cc(OCC(=O)N(CC)CC)c2c(c1)OC1C(O)CCCCC21. The number of aliphatic hydroxyl groups excluding tert-OH is 1. The normalized spacial score (nSPS) is 22.2. The summed E-state index contributed by atoms with van der Waals surface area (Å²) < 4.78 is 12.6. The number of amides is 1. The van der Waals surface area contributed by atoms with Gasteiger partial charge in [-0.2, -0.15) is 0 Å². The standard InChI is InChI=1S/C28H45NO4/c1-6-9-10-13-16-28(4,5)20-17-23(32-19-25(31)29(7-2)8-3)26-21-14-11-12-15-22(30)27(21)33-24(26)18-20/h17-18,21-22,27,30H,6-16,19H2,1-5H3. The largest absolute Gasteiger partial charge is 0.487 e. The van der Waals surface area contributed by atoms with Crippen molar-refractivity contribution in [1.29, 1.82) is 0 Å². The first-order valence-electron chi connectivity index (χ1n) is 13.3. The molecule has 1 saturated carbocycles. The molecule has 0 aromatic heterocycles. The van der Waals surface area contributed by atoms with Gasteiger partial charge in [-0.05, 0) is 56.2 Å². The summed E-state index contributed by atoms with van der Waals surface area (Å²) in [6.45, 7) is 12.2. The maximum Gasteiger partial charge on any atom is 0.260 e. The molecule has 3 unspecified atom stereocenters. The van der Waals surface area contributed by atoms with E-state index in [1.807, 2.05) is 13.8 Å². The van der Waals surface area contributed by atoms with Crippen LogP contribution in [0.1, 0.15) is 109 Å². The van der Waals surface area contributed by atoms with E-state index in [9.17, 15) is 9.90 Å². The van der Waals surface area contributed by atoms with Gasteiger partial charge in [-0.3, -0.25) is 4.79 Å².